The van der Waals surface area contributed by atoms with Gasteiger partial charge in [-0.25, -0.2) is 5.43 Å². The summed E-state index contributed by atoms with van der Waals surface area (Å²) in [4.78, 5) is 26.5. The average Bonchev–Trinajstić information content (AvgIpc) is 2.60. The Bertz CT molecular complexity index is 630. The summed E-state index contributed by atoms with van der Waals surface area (Å²) in [5.74, 6) is -0.519. The zero-order valence-corrected chi connectivity index (χ0v) is 16.6. The van der Waals surface area contributed by atoms with E-state index in [0.29, 0.717) is 6.29 Å². The molecule has 0 aliphatic carbocycles. The van der Waals surface area contributed by atoms with E-state index < -0.39 is 17.5 Å². The third-order valence-corrected chi connectivity index (χ3v) is 4.51. The smallest absolute Gasteiger partial charge is 0.266 e. The number of carbonyl (C=O) groups excluding carboxylic acids is 2. The second-order valence-corrected chi connectivity index (χ2v) is 7.01. The molecule has 136 valence electrons. The standard InChI is InChI=1S/C16H23IN6O2/c1-11(2)14(21-23-22-18)15(25)20-16(3,10-24)9-19-13-6-4-12(8-17)5-7-13/h4-7,10-11,14,19,21H,8-9H2,1-3H3,(H,20,25)/t14-,16-/m0/s1. The number of nitrogens with zero attached hydrogens (tertiary/aromatic N) is 3. The summed E-state index contributed by atoms with van der Waals surface area (Å²) in [7, 11) is 0. The van der Waals surface area contributed by atoms with Crippen molar-refractivity contribution in [2.24, 2.45) is 11.1 Å². The number of rotatable bonds is 10. The fourth-order valence-electron chi connectivity index (χ4n) is 2.07. The number of halogens is 1. The first-order valence-electron chi connectivity index (χ1n) is 7.82. The summed E-state index contributed by atoms with van der Waals surface area (Å²) < 4.78 is 0.926. The predicted molar refractivity (Wildman–Crippen MR) is 106 cm³/mol. The molecule has 1 aromatic carbocycles. The first-order chi connectivity index (χ1) is 11.8. The molecule has 0 aliphatic rings. The molecule has 2 atom stereocenters. The van der Waals surface area contributed by atoms with Crippen molar-refractivity contribution >= 4 is 40.5 Å². The molecule has 0 saturated carbocycles. The number of nitrogens with one attached hydrogen (secondary N) is 3. The van der Waals surface area contributed by atoms with Gasteiger partial charge in [0.05, 0.1) is 0 Å². The predicted octanol–water partition coefficient (Wildman–Crippen LogP) is 2.95. The van der Waals surface area contributed by atoms with E-state index in [0.717, 1.165) is 10.1 Å². The second kappa shape index (κ2) is 10.1. The topological polar surface area (TPSA) is 119 Å². The van der Waals surface area contributed by atoms with Crippen LogP contribution in [0.1, 0.15) is 26.3 Å². The number of hydrogen-bond donors (Lipinski definition) is 3. The molecular formula is C16H23IN6O2. The first kappa shape index (κ1) is 21.0. The van der Waals surface area contributed by atoms with Crippen molar-refractivity contribution in [3.8, 4) is 0 Å². The third kappa shape index (κ3) is 6.79. The van der Waals surface area contributed by atoms with Crippen LogP contribution in [0.2, 0.25) is 0 Å². The van der Waals surface area contributed by atoms with Gasteiger partial charge in [-0.05, 0) is 29.8 Å². The fourth-order valence-corrected chi connectivity index (χ4v) is 2.58. The average molecular weight is 458 g/mol. The van der Waals surface area contributed by atoms with Crippen LogP contribution in [-0.2, 0) is 14.0 Å². The quantitative estimate of drug-likeness (QED) is 0.0950. The minimum absolute atomic E-state index is 0.116. The van der Waals surface area contributed by atoms with Crippen molar-refractivity contribution in [3.63, 3.8) is 0 Å². The molecule has 0 spiro atoms. The number of aldehydes is 1. The molecule has 1 rings (SSSR count). The molecule has 0 fully saturated rings. The Morgan fingerprint density at radius 2 is 2.04 bits per heavy atom. The number of amides is 1. The highest BCUT2D eigenvalue weighted by Gasteiger charge is 2.32. The van der Waals surface area contributed by atoms with E-state index in [2.05, 4.69) is 48.8 Å². The van der Waals surface area contributed by atoms with Crippen LogP contribution in [0, 0.1) is 5.92 Å². The Kier molecular flexibility index (Phi) is 8.50. The summed E-state index contributed by atoms with van der Waals surface area (Å²) >= 11 is 2.29. The van der Waals surface area contributed by atoms with Gasteiger partial charge in [-0.15, -0.1) is 5.53 Å². The van der Waals surface area contributed by atoms with Gasteiger partial charge in [-0.2, -0.15) is 4.91 Å². The maximum Gasteiger partial charge on any atom is 0.266 e. The second-order valence-electron chi connectivity index (χ2n) is 6.25. The Hall–Kier alpha value is -2.00. The highest BCUT2D eigenvalue weighted by molar-refractivity contribution is 14.1. The van der Waals surface area contributed by atoms with Crippen LogP contribution in [-0.4, -0.2) is 30.3 Å². The van der Waals surface area contributed by atoms with Crippen molar-refractivity contribution in [2.45, 2.75) is 36.8 Å². The Labute approximate surface area is 160 Å². The third-order valence-electron chi connectivity index (χ3n) is 3.63. The van der Waals surface area contributed by atoms with Gasteiger partial charge >= 0.3 is 0 Å². The molecule has 1 amide bonds. The van der Waals surface area contributed by atoms with Crippen molar-refractivity contribution in [2.75, 3.05) is 11.9 Å². The van der Waals surface area contributed by atoms with E-state index in [4.69, 9.17) is 5.53 Å². The zero-order chi connectivity index (χ0) is 18.9. The number of carbonyl (C=O) groups is 2. The lowest BCUT2D eigenvalue weighted by atomic mass is 10.00. The van der Waals surface area contributed by atoms with Crippen LogP contribution in [0.5, 0.6) is 0 Å². The Morgan fingerprint density at radius 3 is 2.52 bits per heavy atom. The summed E-state index contributed by atoms with van der Waals surface area (Å²) in [5, 5.41) is 9.11. The van der Waals surface area contributed by atoms with Crippen LogP contribution in [0.4, 0.5) is 5.69 Å². The van der Waals surface area contributed by atoms with E-state index in [9.17, 15) is 9.59 Å². The molecule has 0 unspecified atom stereocenters. The van der Waals surface area contributed by atoms with Gasteiger partial charge in [0.15, 0.2) is 6.04 Å². The van der Waals surface area contributed by atoms with E-state index in [1.54, 1.807) is 6.92 Å². The number of benzene rings is 1. The molecule has 0 aliphatic heterocycles. The van der Waals surface area contributed by atoms with Gasteiger partial charge < -0.3 is 15.4 Å². The zero-order valence-electron chi connectivity index (χ0n) is 14.5. The first-order valence-corrected chi connectivity index (χ1v) is 9.34. The molecular weight excluding hydrogens is 435 g/mol. The molecule has 0 radical (unpaired) electrons. The molecule has 0 saturated heterocycles. The number of azide groups is 1. The van der Waals surface area contributed by atoms with E-state index in [1.165, 1.54) is 5.56 Å². The minimum Gasteiger partial charge on any atom is -0.382 e. The lowest BCUT2D eigenvalue weighted by Crippen LogP contribution is -2.57. The van der Waals surface area contributed by atoms with Crippen molar-refractivity contribution in [3.05, 3.63) is 40.3 Å². The van der Waals surface area contributed by atoms with Crippen LogP contribution in [0.25, 0.3) is 10.4 Å². The molecule has 25 heavy (non-hydrogen) atoms. The number of hydrogen-bond acceptors (Lipinski definition) is 4. The van der Waals surface area contributed by atoms with Gasteiger partial charge in [0, 0.05) is 22.6 Å². The summed E-state index contributed by atoms with van der Waals surface area (Å²) in [6.07, 6.45) is 0.696. The summed E-state index contributed by atoms with van der Waals surface area (Å²) in [5.41, 5.74) is 11.8. The maximum absolute atomic E-state index is 12.4. The molecule has 3 N–H and O–H groups in total. The van der Waals surface area contributed by atoms with E-state index in [1.807, 2.05) is 38.1 Å². The Balaban J connectivity index is 2.74. The fraction of sp³-hybridized carbons (Fsp3) is 0.500. The van der Waals surface area contributed by atoms with Gasteiger partial charge in [0.1, 0.15) is 11.8 Å². The Morgan fingerprint density at radius 1 is 1.40 bits per heavy atom. The number of anilines is 1. The summed E-state index contributed by atoms with van der Waals surface area (Å²) in [6, 6.07) is 7.15. The van der Waals surface area contributed by atoms with Crippen LogP contribution in [0.3, 0.4) is 0 Å². The van der Waals surface area contributed by atoms with Crippen LogP contribution >= 0.6 is 22.6 Å². The van der Waals surface area contributed by atoms with Gasteiger partial charge in [-0.1, -0.05) is 48.6 Å². The van der Waals surface area contributed by atoms with Crippen LogP contribution < -0.4 is 16.1 Å². The number of alkyl halides is 1. The molecule has 0 heterocycles. The van der Waals surface area contributed by atoms with Crippen molar-refractivity contribution in [1.82, 2.24) is 10.7 Å². The highest BCUT2D eigenvalue weighted by Crippen LogP contribution is 2.13. The van der Waals surface area contributed by atoms with Gasteiger partial charge in [-0.3, -0.25) is 4.79 Å². The van der Waals surface area contributed by atoms with E-state index in [-0.39, 0.29) is 12.5 Å². The van der Waals surface area contributed by atoms with Gasteiger partial charge in [0.25, 0.3) is 5.91 Å². The molecule has 0 aromatic heterocycles. The normalized spacial score (nSPS) is 14.0. The van der Waals surface area contributed by atoms with Gasteiger partial charge in [0.2, 0.25) is 0 Å². The molecule has 0 bridgehead atoms. The largest absolute Gasteiger partial charge is 0.382 e. The monoisotopic (exact) mass is 458 g/mol. The molecule has 8 nitrogen and oxygen atoms in total. The van der Waals surface area contributed by atoms with Crippen molar-refractivity contribution < 1.29 is 9.59 Å². The molecule has 1 aromatic rings. The maximum atomic E-state index is 12.4. The molecule has 9 heteroatoms. The summed E-state index contributed by atoms with van der Waals surface area (Å²) in [6.45, 7) is 5.50. The SMILES string of the molecule is CC(C)[C@H](NN=[N+]=[N-])C(=O)N[C@](C)(C=O)CNc1ccc(CI)cc1. The minimum atomic E-state index is -1.09. The van der Waals surface area contributed by atoms with Crippen LogP contribution in [0.15, 0.2) is 29.5 Å². The highest BCUT2D eigenvalue weighted by atomic mass is 127. The lowest BCUT2D eigenvalue weighted by Gasteiger charge is -2.28. The lowest BCUT2D eigenvalue weighted by molar-refractivity contribution is -0.128. The van der Waals surface area contributed by atoms with E-state index >= 15 is 0 Å². The van der Waals surface area contributed by atoms with Crippen molar-refractivity contribution in [1.29, 1.82) is 0 Å².